The summed E-state index contributed by atoms with van der Waals surface area (Å²) in [5, 5.41) is 9.75. The second-order valence-corrected chi connectivity index (χ2v) is 4.82. The highest BCUT2D eigenvalue weighted by molar-refractivity contribution is 6.04. The number of allylic oxidation sites excluding steroid dienone is 2. The van der Waals surface area contributed by atoms with Crippen LogP contribution in [0.25, 0.3) is 10.8 Å². The van der Waals surface area contributed by atoms with Gasteiger partial charge in [0.2, 0.25) is 0 Å². The van der Waals surface area contributed by atoms with E-state index in [1.165, 1.54) is 22.1 Å². The van der Waals surface area contributed by atoms with Crippen molar-refractivity contribution < 1.29 is 0 Å². The molecule has 88 valence electrons. The Morgan fingerprint density at radius 3 is 2.00 bits per heavy atom. The van der Waals surface area contributed by atoms with E-state index in [4.69, 9.17) is 0 Å². The predicted molar refractivity (Wildman–Crippen MR) is 76.8 cm³/mol. The van der Waals surface area contributed by atoms with Crippen molar-refractivity contribution in [3.8, 4) is 0 Å². The van der Waals surface area contributed by atoms with Gasteiger partial charge < -0.3 is 10.6 Å². The first-order valence-corrected chi connectivity index (χ1v) is 6.32. The van der Waals surface area contributed by atoms with Gasteiger partial charge >= 0.3 is 0 Å². The van der Waals surface area contributed by atoms with E-state index < -0.39 is 0 Å². The van der Waals surface area contributed by atoms with Crippen molar-refractivity contribution >= 4 is 22.1 Å². The highest BCUT2D eigenvalue weighted by Crippen LogP contribution is 2.36. The van der Waals surface area contributed by atoms with Gasteiger partial charge in [-0.25, -0.2) is 0 Å². The first-order chi connectivity index (χ1) is 8.92. The number of benzene rings is 2. The number of hydrogen-bond acceptors (Lipinski definition) is 2. The monoisotopic (exact) mass is 234 g/mol. The van der Waals surface area contributed by atoms with E-state index in [-0.39, 0.29) is 6.17 Å². The number of hydrogen-bond donors (Lipinski definition) is 2. The van der Waals surface area contributed by atoms with Crippen LogP contribution < -0.4 is 10.6 Å². The van der Waals surface area contributed by atoms with Crippen LogP contribution in [-0.4, -0.2) is 6.17 Å². The fourth-order valence-corrected chi connectivity index (χ4v) is 2.82. The van der Waals surface area contributed by atoms with E-state index in [0.29, 0.717) is 5.92 Å². The Balaban J connectivity index is 1.83. The van der Waals surface area contributed by atoms with E-state index in [1.807, 2.05) is 0 Å². The lowest BCUT2D eigenvalue weighted by atomic mass is 10.0. The molecule has 1 aliphatic heterocycles. The Hall–Kier alpha value is -2.22. The number of rotatable bonds is 1. The predicted octanol–water partition coefficient (Wildman–Crippen LogP) is 3.75. The Kier molecular flexibility index (Phi) is 1.97. The first-order valence-electron chi connectivity index (χ1n) is 6.32. The summed E-state index contributed by atoms with van der Waals surface area (Å²) < 4.78 is 0. The quantitative estimate of drug-likeness (QED) is 0.785. The molecule has 0 unspecified atom stereocenters. The first kappa shape index (κ1) is 9.77. The molecule has 2 nitrogen and oxygen atoms in total. The van der Waals surface area contributed by atoms with Crippen molar-refractivity contribution in [3.63, 3.8) is 0 Å². The second kappa shape index (κ2) is 3.64. The molecule has 1 aliphatic carbocycles. The maximum atomic E-state index is 3.59. The zero-order valence-corrected chi connectivity index (χ0v) is 9.93. The van der Waals surface area contributed by atoms with Gasteiger partial charge in [-0.2, -0.15) is 0 Å². The molecular weight excluding hydrogens is 220 g/mol. The van der Waals surface area contributed by atoms with Crippen molar-refractivity contribution in [2.75, 3.05) is 10.6 Å². The van der Waals surface area contributed by atoms with Gasteiger partial charge in [0.25, 0.3) is 0 Å². The summed E-state index contributed by atoms with van der Waals surface area (Å²) in [4.78, 5) is 0. The average molecular weight is 234 g/mol. The Morgan fingerprint density at radius 2 is 1.39 bits per heavy atom. The highest BCUT2D eigenvalue weighted by Gasteiger charge is 2.23. The zero-order valence-electron chi connectivity index (χ0n) is 9.93. The van der Waals surface area contributed by atoms with E-state index >= 15 is 0 Å². The largest absolute Gasteiger partial charge is 0.364 e. The van der Waals surface area contributed by atoms with Crippen LogP contribution in [0.5, 0.6) is 0 Å². The Morgan fingerprint density at radius 1 is 0.778 bits per heavy atom. The van der Waals surface area contributed by atoms with Crippen LogP contribution in [0.3, 0.4) is 0 Å². The average Bonchev–Trinajstić information content (AvgIpc) is 2.93. The van der Waals surface area contributed by atoms with Gasteiger partial charge in [-0.3, -0.25) is 0 Å². The number of anilines is 2. The molecule has 0 fully saturated rings. The van der Waals surface area contributed by atoms with Crippen molar-refractivity contribution in [1.82, 2.24) is 0 Å². The van der Waals surface area contributed by atoms with Gasteiger partial charge in [0.1, 0.15) is 6.17 Å². The highest BCUT2D eigenvalue weighted by atomic mass is 15.2. The SMILES string of the molecule is C1=CC(C2Nc3cccc4cccc(c34)N2)C=C1. The molecule has 2 aliphatic rings. The second-order valence-electron chi connectivity index (χ2n) is 4.82. The third kappa shape index (κ3) is 1.35. The zero-order chi connectivity index (χ0) is 11.9. The van der Waals surface area contributed by atoms with Crippen molar-refractivity contribution in [2.45, 2.75) is 6.17 Å². The molecule has 0 bridgehead atoms. The van der Waals surface area contributed by atoms with Crippen LogP contribution >= 0.6 is 0 Å². The Labute approximate surface area is 106 Å². The molecule has 0 spiro atoms. The van der Waals surface area contributed by atoms with Crippen molar-refractivity contribution in [3.05, 3.63) is 60.7 Å². The summed E-state index contributed by atoms with van der Waals surface area (Å²) in [7, 11) is 0. The lowest BCUT2D eigenvalue weighted by molar-refractivity contribution is 0.695. The molecule has 1 heterocycles. The molecule has 0 atom stereocenters. The van der Waals surface area contributed by atoms with Crippen LogP contribution in [0.15, 0.2) is 60.7 Å². The van der Waals surface area contributed by atoms with Crippen LogP contribution in [0.1, 0.15) is 0 Å². The van der Waals surface area contributed by atoms with Gasteiger partial charge in [0.15, 0.2) is 0 Å². The summed E-state index contributed by atoms with van der Waals surface area (Å²) >= 11 is 0. The molecule has 2 aromatic rings. The van der Waals surface area contributed by atoms with Gasteiger partial charge in [-0.15, -0.1) is 0 Å². The smallest absolute Gasteiger partial charge is 0.106 e. The summed E-state index contributed by atoms with van der Waals surface area (Å²) in [5.74, 6) is 0.411. The summed E-state index contributed by atoms with van der Waals surface area (Å²) in [6.45, 7) is 0. The fourth-order valence-electron chi connectivity index (χ4n) is 2.82. The van der Waals surface area contributed by atoms with E-state index in [1.54, 1.807) is 0 Å². The molecule has 4 rings (SSSR count). The number of nitrogens with one attached hydrogen (secondary N) is 2. The topological polar surface area (TPSA) is 24.1 Å². The van der Waals surface area contributed by atoms with Gasteiger partial charge in [0.05, 0.1) is 0 Å². The summed E-state index contributed by atoms with van der Waals surface area (Å²) in [6.07, 6.45) is 8.89. The van der Waals surface area contributed by atoms with Gasteiger partial charge in [0, 0.05) is 22.7 Å². The lowest BCUT2D eigenvalue weighted by Crippen LogP contribution is -2.36. The third-order valence-corrected chi connectivity index (χ3v) is 3.69. The van der Waals surface area contributed by atoms with Crippen LogP contribution in [-0.2, 0) is 0 Å². The molecule has 0 radical (unpaired) electrons. The van der Waals surface area contributed by atoms with Crippen molar-refractivity contribution in [1.29, 1.82) is 0 Å². The summed E-state index contributed by atoms with van der Waals surface area (Å²) in [5.41, 5.74) is 2.45. The minimum absolute atomic E-state index is 0.237. The molecule has 2 aromatic carbocycles. The molecule has 2 heteroatoms. The van der Waals surface area contributed by atoms with E-state index in [9.17, 15) is 0 Å². The minimum Gasteiger partial charge on any atom is -0.364 e. The van der Waals surface area contributed by atoms with Crippen LogP contribution in [0.2, 0.25) is 0 Å². The molecule has 2 N–H and O–H groups in total. The van der Waals surface area contributed by atoms with Crippen LogP contribution in [0.4, 0.5) is 11.4 Å². The van der Waals surface area contributed by atoms with Gasteiger partial charge in [-0.1, -0.05) is 48.6 Å². The maximum Gasteiger partial charge on any atom is 0.106 e. The molecule has 0 saturated heterocycles. The van der Waals surface area contributed by atoms with Gasteiger partial charge in [-0.05, 0) is 17.5 Å². The molecular formula is C16H14N2. The van der Waals surface area contributed by atoms with Crippen LogP contribution in [0, 0.1) is 5.92 Å². The van der Waals surface area contributed by atoms with E-state index in [0.717, 1.165) is 0 Å². The standard InChI is InChI=1S/C16H14N2/c1-2-6-12(5-1)16-17-13-9-3-7-11-8-4-10-14(18-16)15(11)13/h1-10,12,16-18H. The third-order valence-electron chi connectivity index (χ3n) is 3.69. The molecule has 0 saturated carbocycles. The fraction of sp³-hybridized carbons (Fsp3) is 0.125. The normalized spacial score (nSPS) is 18.0. The minimum atomic E-state index is 0.237. The summed E-state index contributed by atoms with van der Waals surface area (Å²) in [6, 6.07) is 12.8. The molecule has 18 heavy (non-hydrogen) atoms. The lowest BCUT2D eigenvalue weighted by Gasteiger charge is -2.32. The Bertz CT molecular complexity index is 617. The van der Waals surface area contributed by atoms with Crippen molar-refractivity contribution in [2.24, 2.45) is 5.92 Å². The van der Waals surface area contributed by atoms with E-state index in [2.05, 4.69) is 71.3 Å². The maximum absolute atomic E-state index is 3.59. The molecule has 0 aromatic heterocycles. The molecule has 0 amide bonds.